The van der Waals surface area contributed by atoms with Crippen LogP contribution in [0.1, 0.15) is 0 Å². The van der Waals surface area contributed by atoms with E-state index in [0.29, 0.717) is 5.82 Å². The van der Waals surface area contributed by atoms with Crippen molar-refractivity contribution in [3.63, 3.8) is 0 Å². The van der Waals surface area contributed by atoms with E-state index in [-0.39, 0.29) is 0 Å². The van der Waals surface area contributed by atoms with Gasteiger partial charge in [0, 0.05) is 6.20 Å². The van der Waals surface area contributed by atoms with Crippen LogP contribution in [0.5, 0.6) is 0 Å². The van der Waals surface area contributed by atoms with Gasteiger partial charge in [-0.05, 0) is 6.07 Å². The number of carbonyl (C=O) groups excluding carboxylic acids is 1. The molecule has 0 aliphatic rings. The normalized spacial score (nSPS) is 8.00. The first-order valence-corrected chi connectivity index (χ1v) is 2.88. The van der Waals surface area contributed by atoms with Crippen LogP contribution in [0.15, 0.2) is 17.1 Å². The first-order valence-electron chi connectivity index (χ1n) is 2.88. The van der Waals surface area contributed by atoms with Crippen molar-refractivity contribution in [3.8, 4) is 0 Å². The van der Waals surface area contributed by atoms with Crippen LogP contribution >= 0.6 is 0 Å². The van der Waals surface area contributed by atoms with Gasteiger partial charge in [0.2, 0.25) is 0 Å². The molecule has 0 saturated carbocycles. The van der Waals surface area contributed by atoms with Crippen LogP contribution in [0.4, 0.5) is 10.6 Å². The molecule has 0 unspecified atom stereocenters. The summed E-state index contributed by atoms with van der Waals surface area (Å²) in [6.45, 7) is 0. The summed E-state index contributed by atoms with van der Waals surface area (Å²) < 4.78 is 0. The number of aromatic amines is 1. The Morgan fingerprint density at radius 2 is 2.00 bits per heavy atom. The molecule has 0 bridgehead atoms. The van der Waals surface area contributed by atoms with E-state index < -0.39 is 11.7 Å². The molecule has 7 N–H and O–H groups in total. The first-order chi connectivity index (χ1) is 5.52. The minimum Gasteiger partial charge on any atom is -0.385 e. The van der Waals surface area contributed by atoms with Crippen LogP contribution in [0.3, 0.4) is 0 Å². The number of anilines is 1. The highest BCUT2D eigenvalue weighted by atomic mass is 16.2. The minimum absolute atomic E-state index is 0.338. The van der Waals surface area contributed by atoms with Gasteiger partial charge < -0.3 is 17.2 Å². The van der Waals surface area contributed by atoms with Gasteiger partial charge in [0.25, 0.3) is 0 Å². The Labute approximate surface area is 67.6 Å². The van der Waals surface area contributed by atoms with Crippen molar-refractivity contribution in [3.05, 3.63) is 22.7 Å². The first kappa shape index (κ1) is 9.95. The average molecular weight is 171 g/mol. The molecule has 0 aromatic carbocycles. The van der Waals surface area contributed by atoms with Crippen molar-refractivity contribution >= 4 is 11.8 Å². The number of nitrogens with zero attached hydrogens (tertiary/aromatic N) is 1. The number of amides is 2. The molecule has 1 aromatic rings. The molecule has 7 nitrogen and oxygen atoms in total. The van der Waals surface area contributed by atoms with Gasteiger partial charge in [-0.25, -0.2) is 14.6 Å². The molecular formula is C5H9N5O2. The van der Waals surface area contributed by atoms with E-state index in [2.05, 4.69) is 21.4 Å². The van der Waals surface area contributed by atoms with E-state index in [1.54, 1.807) is 0 Å². The summed E-state index contributed by atoms with van der Waals surface area (Å²) in [4.78, 5) is 24.9. The van der Waals surface area contributed by atoms with Gasteiger partial charge in [0.1, 0.15) is 5.82 Å². The van der Waals surface area contributed by atoms with Crippen molar-refractivity contribution in [2.75, 3.05) is 5.73 Å². The van der Waals surface area contributed by atoms with E-state index in [1.165, 1.54) is 12.3 Å². The highest BCUT2D eigenvalue weighted by molar-refractivity contribution is 5.69. The largest absolute Gasteiger partial charge is 0.385 e. The number of hydrogen-bond donors (Lipinski definition) is 4. The second kappa shape index (κ2) is 4.72. The zero-order valence-corrected chi connectivity index (χ0v) is 6.15. The summed E-state index contributed by atoms with van der Waals surface area (Å²) in [5.41, 5.74) is 13.3. The van der Waals surface area contributed by atoms with Gasteiger partial charge >= 0.3 is 11.7 Å². The number of carbonyl (C=O) groups is 1. The lowest BCUT2D eigenvalue weighted by atomic mass is 10.6. The predicted molar refractivity (Wildman–Crippen MR) is 43.0 cm³/mol. The third-order valence-electron chi connectivity index (χ3n) is 0.697. The van der Waals surface area contributed by atoms with E-state index in [9.17, 15) is 4.79 Å². The molecule has 1 rings (SSSR count). The summed E-state index contributed by atoms with van der Waals surface area (Å²) in [6, 6.07) is 0.682. The van der Waals surface area contributed by atoms with Crippen molar-refractivity contribution in [1.29, 1.82) is 0 Å². The van der Waals surface area contributed by atoms with E-state index in [4.69, 9.17) is 10.5 Å². The van der Waals surface area contributed by atoms with Gasteiger partial charge in [-0.1, -0.05) is 0 Å². The molecule has 0 spiro atoms. The molecule has 0 aliphatic carbocycles. The standard InChI is InChI=1S/C4H5N3O.CH4N2O/c5-3-1-2-6-4(8)7-3;2-1(3)4/h1-2H,(H3,5,6,7,8);(H4,2,3,4). The molecule has 0 saturated heterocycles. The number of primary amides is 2. The topological polar surface area (TPSA) is 141 Å². The van der Waals surface area contributed by atoms with Crippen LogP contribution in [0.25, 0.3) is 0 Å². The summed E-state index contributed by atoms with van der Waals surface area (Å²) in [6.07, 6.45) is 1.36. The second-order valence-corrected chi connectivity index (χ2v) is 1.73. The summed E-state index contributed by atoms with van der Waals surface area (Å²) in [5.74, 6) is 0.338. The third kappa shape index (κ3) is 6.08. The fourth-order valence-corrected chi connectivity index (χ4v) is 0.383. The number of urea groups is 1. The molecule has 0 fully saturated rings. The van der Waals surface area contributed by atoms with Crippen LogP contribution < -0.4 is 22.9 Å². The van der Waals surface area contributed by atoms with E-state index in [0.717, 1.165) is 0 Å². The van der Waals surface area contributed by atoms with Crippen molar-refractivity contribution in [2.45, 2.75) is 0 Å². The highest BCUT2D eigenvalue weighted by Crippen LogP contribution is 1.82. The molecule has 12 heavy (non-hydrogen) atoms. The molecule has 0 aliphatic heterocycles. The molecule has 2 amide bonds. The number of rotatable bonds is 0. The lowest BCUT2D eigenvalue weighted by Gasteiger charge is -1.84. The van der Waals surface area contributed by atoms with Gasteiger partial charge in [0.05, 0.1) is 0 Å². The number of aromatic nitrogens is 2. The zero-order valence-electron chi connectivity index (χ0n) is 6.15. The van der Waals surface area contributed by atoms with E-state index in [1.807, 2.05) is 0 Å². The number of nitrogens with two attached hydrogens (primary N) is 3. The summed E-state index contributed by atoms with van der Waals surface area (Å²) in [7, 11) is 0. The lowest BCUT2D eigenvalue weighted by Crippen LogP contribution is -2.18. The Morgan fingerprint density at radius 3 is 2.25 bits per heavy atom. The van der Waals surface area contributed by atoms with Crippen LogP contribution in [-0.4, -0.2) is 16.0 Å². The predicted octanol–water partition coefficient (Wildman–Crippen LogP) is -1.62. The maximum Gasteiger partial charge on any atom is 0.346 e. The minimum atomic E-state index is -0.833. The smallest absolute Gasteiger partial charge is 0.346 e. The summed E-state index contributed by atoms with van der Waals surface area (Å²) in [5, 5.41) is 0. The van der Waals surface area contributed by atoms with Gasteiger partial charge in [-0.3, -0.25) is 4.98 Å². The number of H-pyrrole nitrogens is 1. The SMILES string of the molecule is NC(N)=O.Nc1ccnc(=O)[nH]1. The van der Waals surface area contributed by atoms with Crippen LogP contribution in [0.2, 0.25) is 0 Å². The Morgan fingerprint density at radius 1 is 1.50 bits per heavy atom. The van der Waals surface area contributed by atoms with Crippen molar-refractivity contribution in [2.24, 2.45) is 11.5 Å². The van der Waals surface area contributed by atoms with Crippen LogP contribution in [0, 0.1) is 0 Å². The van der Waals surface area contributed by atoms with Crippen LogP contribution in [-0.2, 0) is 0 Å². The Hall–Kier alpha value is -2.05. The quantitative estimate of drug-likeness (QED) is 0.372. The second-order valence-electron chi connectivity index (χ2n) is 1.73. The zero-order chi connectivity index (χ0) is 9.56. The Bertz CT molecular complexity index is 303. The molecular weight excluding hydrogens is 162 g/mol. The molecule has 7 heteroatoms. The number of nitrogens with one attached hydrogen (secondary N) is 1. The van der Waals surface area contributed by atoms with Crippen molar-refractivity contribution < 1.29 is 4.79 Å². The fraction of sp³-hybridized carbons (Fsp3) is 0. The summed E-state index contributed by atoms with van der Waals surface area (Å²) >= 11 is 0. The molecule has 66 valence electrons. The number of nitrogen functional groups attached to an aromatic ring is 1. The molecule has 1 heterocycles. The van der Waals surface area contributed by atoms with E-state index >= 15 is 0 Å². The maximum atomic E-state index is 10.2. The maximum absolute atomic E-state index is 10.2. The monoisotopic (exact) mass is 171 g/mol. The Kier molecular flexibility index (Phi) is 3.91. The third-order valence-corrected chi connectivity index (χ3v) is 0.697. The molecule has 1 aromatic heterocycles. The van der Waals surface area contributed by atoms with Crippen molar-refractivity contribution in [1.82, 2.24) is 9.97 Å². The number of hydrogen-bond acceptors (Lipinski definition) is 4. The van der Waals surface area contributed by atoms with Gasteiger partial charge in [-0.2, -0.15) is 0 Å². The average Bonchev–Trinajstić information content (AvgIpc) is 1.84. The van der Waals surface area contributed by atoms with Gasteiger partial charge in [0.15, 0.2) is 0 Å². The molecule has 0 radical (unpaired) electrons. The Balaban J connectivity index is 0.000000261. The fourth-order valence-electron chi connectivity index (χ4n) is 0.383. The lowest BCUT2D eigenvalue weighted by molar-refractivity contribution is 0.256. The molecule has 0 atom stereocenters. The highest BCUT2D eigenvalue weighted by Gasteiger charge is 1.80. The van der Waals surface area contributed by atoms with Gasteiger partial charge in [-0.15, -0.1) is 0 Å².